The molecule has 2 aromatic carbocycles. The van der Waals surface area contributed by atoms with Crippen molar-refractivity contribution in [1.29, 1.82) is 0 Å². The van der Waals surface area contributed by atoms with Gasteiger partial charge in [0.1, 0.15) is 17.1 Å². The van der Waals surface area contributed by atoms with Gasteiger partial charge in [-0.05, 0) is 63.1 Å². The molecule has 1 fully saturated rings. The third kappa shape index (κ3) is 6.79. The molecule has 0 spiro atoms. The van der Waals surface area contributed by atoms with E-state index in [9.17, 15) is 19.2 Å². The molecule has 0 aliphatic carbocycles. The van der Waals surface area contributed by atoms with E-state index >= 15 is 0 Å². The minimum absolute atomic E-state index is 0.127. The number of amides is 4. The van der Waals surface area contributed by atoms with E-state index in [0.717, 1.165) is 4.90 Å². The van der Waals surface area contributed by atoms with Gasteiger partial charge < -0.3 is 23.7 Å². The number of allylic oxidation sites excluding steroid dienone is 1. The zero-order chi connectivity index (χ0) is 29.2. The van der Waals surface area contributed by atoms with Gasteiger partial charge in [-0.3, -0.25) is 14.9 Å². The number of benzene rings is 2. The number of nitrogens with one attached hydrogen (secondary N) is 1. The Morgan fingerprint density at radius 3 is 2.30 bits per heavy atom. The standard InChI is InChI=1S/C29H32N2O9/c1-6-10-19-13-18(15-24(39-9-4)26(19)40-17-25(32)36-5)14-21-27(33)30-29(35)31(28(21)34)22-16-20(37-7-2)11-12-23(22)38-8-3/h6,11-16H,1,7-10,17H2,2-5H3,(H,30,33,35)/b21-14+. The summed E-state index contributed by atoms with van der Waals surface area (Å²) in [5, 5.41) is 2.22. The third-order valence-electron chi connectivity index (χ3n) is 5.58. The molecule has 0 unspecified atom stereocenters. The fourth-order valence-electron chi connectivity index (χ4n) is 3.94. The Balaban J connectivity index is 2.10. The van der Waals surface area contributed by atoms with Crippen LogP contribution in [0.4, 0.5) is 10.5 Å². The molecule has 1 heterocycles. The highest BCUT2D eigenvalue weighted by Crippen LogP contribution is 2.37. The van der Waals surface area contributed by atoms with Gasteiger partial charge in [0.2, 0.25) is 0 Å². The van der Waals surface area contributed by atoms with Crippen molar-refractivity contribution in [2.75, 3.05) is 38.4 Å². The molecule has 40 heavy (non-hydrogen) atoms. The maximum atomic E-state index is 13.6. The summed E-state index contributed by atoms with van der Waals surface area (Å²) in [7, 11) is 1.25. The molecular formula is C29H32N2O9. The minimum Gasteiger partial charge on any atom is -0.494 e. The number of hydrogen-bond donors (Lipinski definition) is 1. The number of methoxy groups -OCH3 is 1. The first kappa shape index (κ1) is 29.8. The van der Waals surface area contributed by atoms with Crippen LogP contribution in [0.1, 0.15) is 31.9 Å². The summed E-state index contributed by atoms with van der Waals surface area (Å²) < 4.78 is 27.2. The van der Waals surface area contributed by atoms with E-state index in [1.54, 1.807) is 51.1 Å². The van der Waals surface area contributed by atoms with E-state index in [0.29, 0.717) is 35.7 Å². The molecular weight excluding hydrogens is 520 g/mol. The second-order valence-electron chi connectivity index (χ2n) is 8.25. The fourth-order valence-corrected chi connectivity index (χ4v) is 3.94. The van der Waals surface area contributed by atoms with Crippen molar-refractivity contribution >= 4 is 35.6 Å². The van der Waals surface area contributed by atoms with Gasteiger partial charge in [0.25, 0.3) is 11.8 Å². The lowest BCUT2D eigenvalue weighted by Crippen LogP contribution is -2.54. The van der Waals surface area contributed by atoms with Gasteiger partial charge in [-0.25, -0.2) is 14.5 Å². The van der Waals surface area contributed by atoms with Crippen molar-refractivity contribution in [3.8, 4) is 23.0 Å². The smallest absolute Gasteiger partial charge is 0.343 e. The van der Waals surface area contributed by atoms with Crippen molar-refractivity contribution in [2.24, 2.45) is 0 Å². The number of nitrogens with zero attached hydrogens (tertiary/aromatic N) is 1. The summed E-state index contributed by atoms with van der Waals surface area (Å²) in [5.41, 5.74) is 0.852. The Kier molecular flexibility index (Phi) is 10.3. The summed E-state index contributed by atoms with van der Waals surface area (Å²) in [6.45, 7) is 9.68. The Bertz CT molecular complexity index is 1330. The van der Waals surface area contributed by atoms with Crippen LogP contribution < -0.4 is 29.2 Å². The van der Waals surface area contributed by atoms with Crippen LogP contribution in [0, 0.1) is 0 Å². The Morgan fingerprint density at radius 1 is 0.950 bits per heavy atom. The SMILES string of the molecule is C=CCc1cc(/C=C2\C(=O)NC(=O)N(c3cc(OCC)ccc3OCC)C2=O)cc(OCC)c1OCC(=O)OC. The number of hydrogen-bond acceptors (Lipinski definition) is 9. The first-order chi connectivity index (χ1) is 19.3. The van der Waals surface area contributed by atoms with Gasteiger partial charge in [-0.2, -0.15) is 0 Å². The van der Waals surface area contributed by atoms with Crippen LogP contribution in [0.5, 0.6) is 23.0 Å². The number of anilines is 1. The van der Waals surface area contributed by atoms with Gasteiger partial charge in [-0.15, -0.1) is 6.58 Å². The maximum Gasteiger partial charge on any atom is 0.343 e. The number of ether oxygens (including phenoxy) is 5. The average Bonchev–Trinajstić information content (AvgIpc) is 2.92. The lowest BCUT2D eigenvalue weighted by Gasteiger charge is -2.28. The minimum atomic E-state index is -0.921. The average molecular weight is 553 g/mol. The van der Waals surface area contributed by atoms with Crippen molar-refractivity contribution < 1.29 is 42.9 Å². The summed E-state index contributed by atoms with van der Waals surface area (Å²) in [6, 6.07) is 7.07. The number of barbiturate groups is 1. The highest BCUT2D eigenvalue weighted by atomic mass is 16.6. The van der Waals surface area contributed by atoms with E-state index in [1.165, 1.54) is 19.3 Å². The molecule has 0 radical (unpaired) electrons. The first-order valence-corrected chi connectivity index (χ1v) is 12.7. The largest absolute Gasteiger partial charge is 0.494 e. The molecule has 1 saturated heterocycles. The number of esters is 1. The Hall–Kier alpha value is -4.80. The highest BCUT2D eigenvalue weighted by Gasteiger charge is 2.38. The number of urea groups is 1. The van der Waals surface area contributed by atoms with Crippen LogP contribution in [0.25, 0.3) is 6.08 Å². The third-order valence-corrected chi connectivity index (χ3v) is 5.58. The summed E-state index contributed by atoms with van der Waals surface area (Å²) >= 11 is 0. The summed E-state index contributed by atoms with van der Waals surface area (Å²) in [4.78, 5) is 51.9. The molecule has 11 nitrogen and oxygen atoms in total. The Labute approximate surface area is 232 Å². The van der Waals surface area contributed by atoms with Crippen LogP contribution in [-0.2, 0) is 25.5 Å². The molecule has 212 valence electrons. The van der Waals surface area contributed by atoms with Gasteiger partial charge in [0.05, 0.1) is 32.6 Å². The molecule has 1 aliphatic heterocycles. The number of rotatable bonds is 13. The maximum absolute atomic E-state index is 13.6. The molecule has 0 atom stereocenters. The lowest BCUT2D eigenvalue weighted by molar-refractivity contribution is -0.143. The summed E-state index contributed by atoms with van der Waals surface area (Å²) in [6.07, 6.45) is 3.32. The first-order valence-electron chi connectivity index (χ1n) is 12.7. The molecule has 4 amide bonds. The van der Waals surface area contributed by atoms with Crippen LogP contribution >= 0.6 is 0 Å². The van der Waals surface area contributed by atoms with E-state index in [-0.39, 0.29) is 42.6 Å². The molecule has 1 N–H and O–H groups in total. The zero-order valence-electron chi connectivity index (χ0n) is 22.9. The number of carbonyl (C=O) groups excluding carboxylic acids is 4. The van der Waals surface area contributed by atoms with Crippen molar-refractivity contribution in [2.45, 2.75) is 27.2 Å². The van der Waals surface area contributed by atoms with E-state index < -0.39 is 23.8 Å². The van der Waals surface area contributed by atoms with Crippen molar-refractivity contribution in [1.82, 2.24) is 5.32 Å². The van der Waals surface area contributed by atoms with Crippen LogP contribution in [0.2, 0.25) is 0 Å². The predicted octanol–water partition coefficient (Wildman–Crippen LogP) is 3.83. The fraction of sp³-hybridized carbons (Fsp3) is 0.310. The summed E-state index contributed by atoms with van der Waals surface area (Å²) in [5.74, 6) is -1.01. The molecule has 1 aliphatic rings. The van der Waals surface area contributed by atoms with E-state index in [1.807, 2.05) is 0 Å². The molecule has 0 bridgehead atoms. The molecule has 3 rings (SSSR count). The predicted molar refractivity (Wildman–Crippen MR) is 147 cm³/mol. The molecule has 0 saturated carbocycles. The molecule has 0 aromatic heterocycles. The van der Waals surface area contributed by atoms with Crippen LogP contribution in [-0.4, -0.2) is 57.4 Å². The van der Waals surface area contributed by atoms with E-state index in [2.05, 4.69) is 16.6 Å². The number of imide groups is 2. The van der Waals surface area contributed by atoms with Gasteiger partial charge >= 0.3 is 12.0 Å². The topological polar surface area (TPSA) is 130 Å². The lowest BCUT2D eigenvalue weighted by atomic mass is 10.0. The quantitative estimate of drug-likeness (QED) is 0.171. The van der Waals surface area contributed by atoms with Crippen LogP contribution in [0.3, 0.4) is 0 Å². The van der Waals surface area contributed by atoms with Gasteiger partial charge in [-0.1, -0.05) is 6.08 Å². The number of carbonyl (C=O) groups is 4. The molecule has 2 aromatic rings. The zero-order valence-corrected chi connectivity index (χ0v) is 22.9. The molecule has 11 heteroatoms. The van der Waals surface area contributed by atoms with Crippen molar-refractivity contribution in [3.05, 3.63) is 59.7 Å². The van der Waals surface area contributed by atoms with E-state index in [4.69, 9.17) is 18.9 Å². The van der Waals surface area contributed by atoms with Crippen molar-refractivity contribution in [3.63, 3.8) is 0 Å². The highest BCUT2D eigenvalue weighted by molar-refractivity contribution is 6.39. The van der Waals surface area contributed by atoms with Gasteiger partial charge in [0.15, 0.2) is 18.1 Å². The van der Waals surface area contributed by atoms with Gasteiger partial charge in [0, 0.05) is 11.6 Å². The monoisotopic (exact) mass is 552 g/mol. The second kappa shape index (κ2) is 13.8. The normalized spacial score (nSPS) is 14.1. The van der Waals surface area contributed by atoms with Crippen LogP contribution in [0.15, 0.2) is 48.6 Å². The second-order valence-corrected chi connectivity index (χ2v) is 8.25. The Morgan fingerprint density at radius 2 is 1.65 bits per heavy atom.